The number of fused-ring (bicyclic) bond motifs is 1. The van der Waals surface area contributed by atoms with Gasteiger partial charge in [-0.2, -0.15) is 11.3 Å². The van der Waals surface area contributed by atoms with Gasteiger partial charge >= 0.3 is 5.97 Å². The number of benzene rings is 2. The molecule has 0 fully saturated rings. The van der Waals surface area contributed by atoms with Gasteiger partial charge in [0.1, 0.15) is 0 Å². The minimum absolute atomic E-state index is 0.319. The smallest absolute Gasteiger partial charge is 0.335 e. The summed E-state index contributed by atoms with van der Waals surface area (Å²) in [5, 5.41) is 25.1. The Morgan fingerprint density at radius 2 is 1.82 bits per heavy atom. The zero-order chi connectivity index (χ0) is 21.1. The third kappa shape index (κ3) is 7.76. The predicted octanol–water partition coefficient (Wildman–Crippen LogP) is 6.63. The Hall–Kier alpha value is -2.92. The van der Waals surface area contributed by atoms with Gasteiger partial charge in [0.25, 0.3) is 0 Å². The average molecular weight is 397 g/mol. The van der Waals surface area contributed by atoms with Gasteiger partial charge in [-0.3, -0.25) is 0 Å². The topological polar surface area (TPSA) is 73.2 Å². The minimum atomic E-state index is -0.894. The fourth-order valence-electron chi connectivity index (χ4n) is 2.13. The number of rotatable bonds is 4. The summed E-state index contributed by atoms with van der Waals surface area (Å²) in [5.41, 5.74) is 4.23. The molecule has 3 aromatic rings. The number of anilines is 1. The molecule has 5 heteroatoms. The standard InChI is InChI=1S/C12H11NO2.C6H11N.C5H6S/c1-13-11-5-4-8-6-10(12(14)15)3-2-9(8)7-11;1-4-5(2)6(3)7;1-5-2-3-6-4-5/h2-7,13H,1H3,(H,14,15);7H,2,4H2,1,3H3;2-4H,1H3. The Morgan fingerprint density at radius 1 is 1.18 bits per heavy atom. The third-order valence-electron chi connectivity index (χ3n) is 4.00. The molecule has 3 N–H and O–H groups in total. The van der Waals surface area contributed by atoms with E-state index in [1.807, 2.05) is 38.2 Å². The number of aryl methyl sites for hydroxylation is 1. The summed E-state index contributed by atoms with van der Waals surface area (Å²) in [7, 11) is 1.85. The number of hydrogen-bond donors (Lipinski definition) is 3. The lowest BCUT2D eigenvalue weighted by molar-refractivity contribution is 0.0697. The Kier molecular flexibility index (Phi) is 9.68. The maximum absolute atomic E-state index is 10.8. The van der Waals surface area contributed by atoms with Crippen LogP contribution in [-0.4, -0.2) is 23.8 Å². The van der Waals surface area contributed by atoms with E-state index in [0.29, 0.717) is 11.3 Å². The Bertz CT molecular complexity index is 931. The van der Waals surface area contributed by atoms with Gasteiger partial charge in [-0.25, -0.2) is 4.79 Å². The van der Waals surface area contributed by atoms with Crippen LogP contribution in [0.15, 0.2) is 65.4 Å². The van der Waals surface area contributed by atoms with E-state index in [1.54, 1.807) is 30.4 Å². The van der Waals surface area contributed by atoms with Crippen LogP contribution in [0.25, 0.3) is 10.8 Å². The van der Waals surface area contributed by atoms with Crippen LogP contribution in [-0.2, 0) is 0 Å². The van der Waals surface area contributed by atoms with Crippen molar-refractivity contribution in [2.45, 2.75) is 27.2 Å². The van der Waals surface area contributed by atoms with Crippen molar-refractivity contribution in [3.63, 3.8) is 0 Å². The van der Waals surface area contributed by atoms with E-state index < -0.39 is 5.97 Å². The lowest BCUT2D eigenvalue weighted by Crippen LogP contribution is -1.95. The van der Waals surface area contributed by atoms with Crippen molar-refractivity contribution < 1.29 is 9.90 Å². The van der Waals surface area contributed by atoms with E-state index in [1.165, 1.54) is 5.56 Å². The largest absolute Gasteiger partial charge is 0.478 e. The number of carboxylic acid groups (broad SMARTS) is 1. The van der Waals surface area contributed by atoms with Gasteiger partial charge in [0.15, 0.2) is 0 Å². The van der Waals surface area contributed by atoms with Crippen LogP contribution in [0.4, 0.5) is 5.69 Å². The zero-order valence-electron chi connectivity index (χ0n) is 16.9. The fraction of sp³-hybridized carbons (Fsp3) is 0.217. The molecule has 0 bridgehead atoms. The molecule has 0 aliphatic carbocycles. The molecule has 2 aromatic carbocycles. The van der Waals surface area contributed by atoms with Crippen LogP contribution in [0, 0.1) is 12.3 Å². The monoisotopic (exact) mass is 396 g/mol. The van der Waals surface area contributed by atoms with E-state index in [0.717, 1.165) is 28.5 Å². The molecule has 1 aromatic heterocycles. The highest BCUT2D eigenvalue weighted by Gasteiger charge is 2.03. The van der Waals surface area contributed by atoms with Crippen LogP contribution in [0.2, 0.25) is 0 Å². The van der Waals surface area contributed by atoms with Crippen molar-refractivity contribution in [3.05, 3.63) is 76.5 Å². The quantitative estimate of drug-likeness (QED) is 0.433. The van der Waals surface area contributed by atoms with Gasteiger partial charge in [0, 0.05) is 18.4 Å². The molecule has 0 spiro atoms. The van der Waals surface area contributed by atoms with Gasteiger partial charge in [0.05, 0.1) is 5.56 Å². The highest BCUT2D eigenvalue weighted by atomic mass is 32.1. The summed E-state index contributed by atoms with van der Waals surface area (Å²) in [4.78, 5) is 10.8. The molecule has 0 saturated heterocycles. The number of allylic oxidation sites excluding steroid dienone is 1. The molecule has 0 radical (unpaired) electrons. The van der Waals surface area contributed by atoms with Crippen LogP contribution < -0.4 is 5.32 Å². The average Bonchev–Trinajstić information content (AvgIpc) is 3.18. The molecule has 0 unspecified atom stereocenters. The minimum Gasteiger partial charge on any atom is -0.478 e. The number of carbonyl (C=O) groups is 1. The second-order valence-electron chi connectivity index (χ2n) is 6.21. The van der Waals surface area contributed by atoms with E-state index in [-0.39, 0.29) is 0 Å². The number of hydrogen-bond acceptors (Lipinski definition) is 4. The molecular formula is C23H28N2O2S. The van der Waals surface area contributed by atoms with Crippen molar-refractivity contribution in [2.75, 3.05) is 12.4 Å². The molecule has 0 amide bonds. The van der Waals surface area contributed by atoms with E-state index >= 15 is 0 Å². The van der Waals surface area contributed by atoms with Crippen LogP contribution >= 0.6 is 11.3 Å². The van der Waals surface area contributed by atoms with Gasteiger partial charge in [-0.1, -0.05) is 25.6 Å². The molecular weight excluding hydrogens is 368 g/mol. The maximum Gasteiger partial charge on any atom is 0.335 e. The first-order chi connectivity index (χ1) is 13.3. The second kappa shape index (κ2) is 11.7. The van der Waals surface area contributed by atoms with Crippen molar-refractivity contribution in [3.8, 4) is 0 Å². The summed E-state index contributed by atoms with van der Waals surface area (Å²) in [6.45, 7) is 9.50. The molecule has 0 aliphatic heterocycles. The first-order valence-electron chi connectivity index (χ1n) is 8.95. The van der Waals surface area contributed by atoms with Crippen LogP contribution in [0.5, 0.6) is 0 Å². The lowest BCUT2D eigenvalue weighted by atomic mass is 10.1. The molecule has 1 heterocycles. The Balaban J connectivity index is 0.000000250. The summed E-state index contributed by atoms with van der Waals surface area (Å²) >= 11 is 1.74. The van der Waals surface area contributed by atoms with Crippen LogP contribution in [0.3, 0.4) is 0 Å². The van der Waals surface area contributed by atoms with Crippen molar-refractivity contribution in [1.82, 2.24) is 0 Å². The fourth-order valence-corrected chi connectivity index (χ4v) is 2.80. The molecule has 28 heavy (non-hydrogen) atoms. The van der Waals surface area contributed by atoms with Gasteiger partial charge < -0.3 is 15.8 Å². The molecule has 3 rings (SSSR count). The second-order valence-corrected chi connectivity index (χ2v) is 6.99. The maximum atomic E-state index is 10.8. The van der Waals surface area contributed by atoms with E-state index in [9.17, 15) is 4.79 Å². The highest BCUT2D eigenvalue weighted by Crippen LogP contribution is 2.20. The number of nitrogens with one attached hydrogen (secondary N) is 2. The third-order valence-corrected chi connectivity index (χ3v) is 4.80. The van der Waals surface area contributed by atoms with Crippen molar-refractivity contribution in [1.29, 1.82) is 5.41 Å². The molecule has 148 valence electrons. The first-order valence-corrected chi connectivity index (χ1v) is 9.89. The number of aromatic carboxylic acids is 1. The van der Waals surface area contributed by atoms with Gasteiger partial charge in [0.2, 0.25) is 0 Å². The van der Waals surface area contributed by atoms with Gasteiger partial charge in [-0.05, 0) is 83.3 Å². The van der Waals surface area contributed by atoms with E-state index in [2.05, 4.69) is 35.6 Å². The highest BCUT2D eigenvalue weighted by molar-refractivity contribution is 7.07. The van der Waals surface area contributed by atoms with Crippen molar-refractivity contribution >= 4 is 39.5 Å². The lowest BCUT2D eigenvalue weighted by Gasteiger charge is -2.03. The van der Waals surface area contributed by atoms with Crippen molar-refractivity contribution in [2.24, 2.45) is 0 Å². The Labute approximate surface area is 171 Å². The SMILES string of the molecule is C=C(CC)C(C)=N.CNc1ccc2cc(C(=O)O)ccc2c1.Cc1ccsc1. The van der Waals surface area contributed by atoms with E-state index in [4.69, 9.17) is 10.5 Å². The molecule has 0 saturated carbocycles. The van der Waals surface area contributed by atoms with Gasteiger partial charge in [-0.15, -0.1) is 0 Å². The molecule has 0 atom stereocenters. The van der Waals surface area contributed by atoms with Crippen LogP contribution in [0.1, 0.15) is 36.2 Å². The Morgan fingerprint density at radius 3 is 2.21 bits per heavy atom. The summed E-state index contributed by atoms with van der Waals surface area (Å²) < 4.78 is 0. The predicted molar refractivity (Wildman–Crippen MR) is 122 cm³/mol. The summed E-state index contributed by atoms with van der Waals surface area (Å²) in [6.07, 6.45) is 0.898. The summed E-state index contributed by atoms with van der Waals surface area (Å²) in [5.74, 6) is -0.894. The molecule has 4 nitrogen and oxygen atoms in total. The number of carboxylic acids is 1. The summed E-state index contributed by atoms with van der Waals surface area (Å²) in [6, 6.07) is 13.0. The molecule has 0 aliphatic rings. The normalized spacial score (nSPS) is 9.43. The first kappa shape index (κ1) is 23.1. The number of thiophene rings is 1. The zero-order valence-corrected chi connectivity index (χ0v) is 17.7.